The minimum absolute atomic E-state index is 0.365. The average molecular weight is 301 g/mol. The van der Waals surface area contributed by atoms with Gasteiger partial charge in [-0.25, -0.2) is 0 Å². The molecule has 0 saturated carbocycles. The molecule has 1 aromatic rings. The fraction of sp³-hybridized carbons (Fsp3) is 0.636. The van der Waals surface area contributed by atoms with E-state index >= 15 is 0 Å². The first kappa shape index (κ1) is 19.0. The summed E-state index contributed by atoms with van der Waals surface area (Å²) in [6.07, 6.45) is 9.01. The highest BCUT2D eigenvalue weighted by Crippen LogP contribution is 2.52. The van der Waals surface area contributed by atoms with Gasteiger partial charge in [0.1, 0.15) is 0 Å². The Morgan fingerprint density at radius 3 is 2.18 bits per heavy atom. The third-order valence-corrected chi connectivity index (χ3v) is 5.18. The maximum atomic E-state index is 2.59. The van der Waals surface area contributed by atoms with Gasteiger partial charge in [0.2, 0.25) is 0 Å². The molecule has 124 valence electrons. The lowest BCUT2D eigenvalue weighted by atomic mass is 9.57. The average Bonchev–Trinajstić information content (AvgIpc) is 2.57. The SMILES string of the molecule is CC.CC.CCC12CCC(C)(C)C=C1CCc1ccccc12. The third-order valence-electron chi connectivity index (χ3n) is 5.18. The van der Waals surface area contributed by atoms with Crippen LogP contribution in [0.5, 0.6) is 0 Å². The van der Waals surface area contributed by atoms with Crippen molar-refractivity contribution in [3.8, 4) is 0 Å². The van der Waals surface area contributed by atoms with Crippen molar-refractivity contribution in [1.82, 2.24) is 0 Å². The summed E-state index contributed by atoms with van der Waals surface area (Å²) in [7, 11) is 0. The van der Waals surface area contributed by atoms with E-state index in [9.17, 15) is 0 Å². The molecule has 0 aliphatic heterocycles. The van der Waals surface area contributed by atoms with Crippen molar-refractivity contribution in [1.29, 1.82) is 0 Å². The molecular formula is C22H36. The number of allylic oxidation sites excluding steroid dienone is 2. The van der Waals surface area contributed by atoms with Crippen LogP contribution >= 0.6 is 0 Å². The van der Waals surface area contributed by atoms with E-state index in [1.807, 2.05) is 27.7 Å². The van der Waals surface area contributed by atoms with Crippen LogP contribution in [0.3, 0.4) is 0 Å². The summed E-state index contributed by atoms with van der Waals surface area (Å²) in [5.74, 6) is 0. The molecule has 0 radical (unpaired) electrons. The second-order valence-electron chi connectivity index (χ2n) is 6.75. The van der Waals surface area contributed by atoms with Crippen molar-refractivity contribution in [3.63, 3.8) is 0 Å². The molecule has 0 heterocycles. The van der Waals surface area contributed by atoms with E-state index < -0.39 is 0 Å². The molecule has 1 atom stereocenters. The van der Waals surface area contributed by atoms with Gasteiger partial charge in [-0.1, -0.05) is 84.4 Å². The molecule has 0 N–H and O–H groups in total. The van der Waals surface area contributed by atoms with E-state index in [1.165, 1.54) is 32.1 Å². The van der Waals surface area contributed by atoms with E-state index in [0.717, 1.165) is 0 Å². The van der Waals surface area contributed by atoms with E-state index in [4.69, 9.17) is 0 Å². The van der Waals surface area contributed by atoms with Gasteiger partial charge < -0.3 is 0 Å². The molecule has 2 aliphatic rings. The molecule has 0 nitrogen and oxygen atoms in total. The highest BCUT2D eigenvalue weighted by atomic mass is 14.5. The minimum atomic E-state index is 0.365. The Morgan fingerprint density at radius 2 is 1.55 bits per heavy atom. The van der Waals surface area contributed by atoms with Crippen LogP contribution in [-0.4, -0.2) is 0 Å². The number of benzene rings is 1. The van der Waals surface area contributed by atoms with E-state index in [0.29, 0.717) is 10.8 Å². The van der Waals surface area contributed by atoms with Gasteiger partial charge in [-0.05, 0) is 48.6 Å². The highest BCUT2D eigenvalue weighted by molar-refractivity contribution is 5.47. The number of fused-ring (bicyclic) bond motifs is 3. The number of rotatable bonds is 1. The minimum Gasteiger partial charge on any atom is -0.0787 e. The van der Waals surface area contributed by atoms with Crippen LogP contribution < -0.4 is 0 Å². The lowest BCUT2D eigenvalue weighted by molar-refractivity contribution is 0.290. The number of hydrogen-bond donors (Lipinski definition) is 0. The fourth-order valence-electron chi connectivity index (χ4n) is 4.07. The fourth-order valence-corrected chi connectivity index (χ4v) is 4.07. The van der Waals surface area contributed by atoms with Gasteiger partial charge in [-0.3, -0.25) is 0 Å². The lowest BCUT2D eigenvalue weighted by Gasteiger charge is -2.47. The summed E-state index contributed by atoms with van der Waals surface area (Å²) in [6.45, 7) is 15.1. The summed E-state index contributed by atoms with van der Waals surface area (Å²) in [6, 6.07) is 9.13. The van der Waals surface area contributed by atoms with E-state index in [1.54, 1.807) is 16.7 Å². The molecule has 0 heteroatoms. The van der Waals surface area contributed by atoms with Crippen LogP contribution in [-0.2, 0) is 11.8 Å². The Labute approximate surface area is 139 Å². The second kappa shape index (κ2) is 7.99. The van der Waals surface area contributed by atoms with Crippen molar-refractivity contribution >= 4 is 0 Å². The summed E-state index contributed by atoms with van der Waals surface area (Å²) < 4.78 is 0. The van der Waals surface area contributed by atoms with Crippen LogP contribution in [0.4, 0.5) is 0 Å². The molecule has 0 spiro atoms. The Balaban J connectivity index is 0.000000561. The van der Waals surface area contributed by atoms with Crippen molar-refractivity contribution in [2.75, 3.05) is 0 Å². The van der Waals surface area contributed by atoms with Crippen LogP contribution in [0.15, 0.2) is 35.9 Å². The van der Waals surface area contributed by atoms with Gasteiger partial charge in [0, 0.05) is 5.41 Å². The molecule has 2 aliphatic carbocycles. The maximum absolute atomic E-state index is 2.59. The third kappa shape index (κ3) is 3.47. The van der Waals surface area contributed by atoms with Crippen molar-refractivity contribution in [3.05, 3.63) is 47.0 Å². The monoisotopic (exact) mass is 300 g/mol. The molecule has 0 aromatic heterocycles. The molecule has 0 amide bonds. The second-order valence-corrected chi connectivity index (χ2v) is 6.75. The van der Waals surface area contributed by atoms with Crippen molar-refractivity contribution < 1.29 is 0 Å². The van der Waals surface area contributed by atoms with E-state index in [-0.39, 0.29) is 0 Å². The first-order valence-corrected chi connectivity index (χ1v) is 9.38. The predicted molar refractivity (Wildman–Crippen MR) is 101 cm³/mol. The molecule has 22 heavy (non-hydrogen) atoms. The van der Waals surface area contributed by atoms with Crippen molar-refractivity contribution in [2.24, 2.45) is 5.41 Å². The molecule has 0 fully saturated rings. The molecule has 0 saturated heterocycles. The van der Waals surface area contributed by atoms with Gasteiger partial charge in [0.25, 0.3) is 0 Å². The number of hydrogen-bond acceptors (Lipinski definition) is 0. The number of aryl methyl sites for hydroxylation is 1. The first-order valence-electron chi connectivity index (χ1n) is 9.38. The van der Waals surface area contributed by atoms with Gasteiger partial charge in [-0.2, -0.15) is 0 Å². The molecule has 1 unspecified atom stereocenters. The summed E-state index contributed by atoms with van der Waals surface area (Å²) in [5, 5.41) is 0. The van der Waals surface area contributed by atoms with E-state index in [2.05, 4.69) is 51.1 Å². The van der Waals surface area contributed by atoms with Gasteiger partial charge >= 0.3 is 0 Å². The van der Waals surface area contributed by atoms with Crippen molar-refractivity contribution in [2.45, 2.75) is 86.0 Å². The van der Waals surface area contributed by atoms with Crippen LogP contribution in [0.2, 0.25) is 0 Å². The lowest BCUT2D eigenvalue weighted by Crippen LogP contribution is -2.38. The van der Waals surface area contributed by atoms with Crippen LogP contribution in [0.1, 0.15) is 85.3 Å². The predicted octanol–water partition coefficient (Wildman–Crippen LogP) is 7.08. The maximum Gasteiger partial charge on any atom is 0.0162 e. The van der Waals surface area contributed by atoms with Gasteiger partial charge in [0.05, 0.1) is 0 Å². The molecule has 3 rings (SSSR count). The standard InChI is InChI=1S/C18H24.2C2H6/c1-4-18-12-11-17(2,3)13-15(18)10-9-14-7-5-6-8-16(14)18;2*1-2/h5-8,13H,4,9-12H2,1-3H3;2*1-2H3. The van der Waals surface area contributed by atoms with Crippen LogP contribution in [0.25, 0.3) is 0 Å². The Morgan fingerprint density at radius 1 is 0.909 bits per heavy atom. The summed E-state index contributed by atoms with van der Waals surface area (Å²) in [4.78, 5) is 0. The Bertz CT molecular complexity index is 493. The smallest absolute Gasteiger partial charge is 0.0162 e. The Hall–Kier alpha value is -1.04. The molecule has 0 bridgehead atoms. The Kier molecular flexibility index (Phi) is 6.91. The summed E-state index contributed by atoms with van der Waals surface area (Å²) >= 11 is 0. The normalized spacial score (nSPS) is 24.4. The summed E-state index contributed by atoms with van der Waals surface area (Å²) in [5.41, 5.74) is 5.71. The quantitative estimate of drug-likeness (QED) is 0.486. The van der Waals surface area contributed by atoms with Crippen LogP contribution in [0, 0.1) is 5.41 Å². The highest BCUT2D eigenvalue weighted by Gasteiger charge is 2.42. The first-order chi connectivity index (χ1) is 10.6. The van der Waals surface area contributed by atoms with Gasteiger partial charge in [-0.15, -0.1) is 0 Å². The zero-order valence-corrected chi connectivity index (χ0v) is 15.9. The topological polar surface area (TPSA) is 0 Å². The van der Waals surface area contributed by atoms with Gasteiger partial charge in [0.15, 0.2) is 0 Å². The molecular weight excluding hydrogens is 264 g/mol. The zero-order chi connectivity index (χ0) is 16.8. The zero-order valence-electron chi connectivity index (χ0n) is 15.9. The largest absolute Gasteiger partial charge is 0.0787 e. The molecule has 1 aromatic carbocycles.